The minimum Gasteiger partial charge on any atom is -0.375 e. The molecule has 28 heavy (non-hydrogen) atoms. The van der Waals surface area contributed by atoms with Crippen LogP contribution >= 0.6 is 0 Å². The van der Waals surface area contributed by atoms with Gasteiger partial charge in [0.25, 0.3) is 0 Å². The normalized spacial score (nSPS) is 22.5. The number of rotatable bonds is 6. The van der Waals surface area contributed by atoms with Crippen LogP contribution in [0.3, 0.4) is 0 Å². The SMILES string of the molecule is COCC(=O)NC1(Cc2cnn3cc(CN)nc3c2)CC(C(F)(F)F)NC1=O. The number of nitrogens with one attached hydrogen (secondary N) is 2. The molecule has 152 valence electrons. The number of alkyl halides is 3. The van der Waals surface area contributed by atoms with Crippen LogP contribution < -0.4 is 16.4 Å². The van der Waals surface area contributed by atoms with Crippen LogP contribution in [0.1, 0.15) is 17.7 Å². The van der Waals surface area contributed by atoms with Gasteiger partial charge in [-0.15, -0.1) is 0 Å². The van der Waals surface area contributed by atoms with Crippen molar-refractivity contribution in [3.8, 4) is 0 Å². The maximum absolute atomic E-state index is 13.2. The van der Waals surface area contributed by atoms with E-state index in [1.807, 2.05) is 5.32 Å². The molecule has 4 N–H and O–H groups in total. The van der Waals surface area contributed by atoms with Gasteiger partial charge in [0.05, 0.1) is 18.1 Å². The first-order valence-corrected chi connectivity index (χ1v) is 8.38. The molecule has 0 bridgehead atoms. The summed E-state index contributed by atoms with van der Waals surface area (Å²) in [6.45, 7) is -0.186. The van der Waals surface area contributed by atoms with Gasteiger partial charge in [0, 0.05) is 26.5 Å². The van der Waals surface area contributed by atoms with Crippen molar-refractivity contribution in [3.05, 3.63) is 29.7 Å². The summed E-state index contributed by atoms with van der Waals surface area (Å²) in [4.78, 5) is 28.7. The molecule has 2 amide bonds. The zero-order valence-electron chi connectivity index (χ0n) is 14.9. The van der Waals surface area contributed by atoms with Crippen molar-refractivity contribution >= 4 is 17.5 Å². The molecule has 1 aliphatic rings. The summed E-state index contributed by atoms with van der Waals surface area (Å²) in [6, 6.07) is -0.472. The fraction of sp³-hybridized carbons (Fsp3) is 0.500. The number of hydrogen-bond acceptors (Lipinski definition) is 6. The second kappa shape index (κ2) is 7.36. The number of carbonyl (C=O) groups excluding carboxylic acids is 2. The topological polar surface area (TPSA) is 124 Å². The van der Waals surface area contributed by atoms with Crippen molar-refractivity contribution in [1.82, 2.24) is 25.2 Å². The smallest absolute Gasteiger partial charge is 0.375 e. The van der Waals surface area contributed by atoms with E-state index in [9.17, 15) is 22.8 Å². The summed E-state index contributed by atoms with van der Waals surface area (Å²) in [5.41, 5.74) is 5.22. The number of aromatic nitrogens is 3. The van der Waals surface area contributed by atoms with Gasteiger partial charge in [0.15, 0.2) is 5.65 Å². The van der Waals surface area contributed by atoms with E-state index in [-0.39, 0.29) is 19.6 Å². The van der Waals surface area contributed by atoms with Crippen LogP contribution in [0, 0.1) is 0 Å². The average molecular weight is 400 g/mol. The van der Waals surface area contributed by atoms with Gasteiger partial charge in [-0.05, 0) is 11.6 Å². The maximum Gasteiger partial charge on any atom is 0.408 e. The highest BCUT2D eigenvalue weighted by Gasteiger charge is 2.56. The molecule has 1 saturated heterocycles. The van der Waals surface area contributed by atoms with Crippen molar-refractivity contribution in [2.45, 2.75) is 37.1 Å². The van der Waals surface area contributed by atoms with Crippen molar-refractivity contribution in [3.63, 3.8) is 0 Å². The molecular weight excluding hydrogens is 381 g/mol. The van der Waals surface area contributed by atoms with Gasteiger partial charge in [-0.3, -0.25) is 9.59 Å². The first kappa shape index (κ1) is 20.0. The van der Waals surface area contributed by atoms with Crippen LogP contribution in [0.15, 0.2) is 18.5 Å². The highest BCUT2D eigenvalue weighted by molar-refractivity contribution is 5.94. The molecule has 2 atom stereocenters. The molecule has 1 fully saturated rings. The molecule has 2 aromatic heterocycles. The number of nitrogens with zero attached hydrogens (tertiary/aromatic N) is 3. The Morgan fingerprint density at radius 3 is 2.89 bits per heavy atom. The minimum absolute atomic E-state index is 0.185. The van der Waals surface area contributed by atoms with Crippen LogP contribution in [0.2, 0.25) is 0 Å². The Hall–Kier alpha value is -2.73. The van der Waals surface area contributed by atoms with Gasteiger partial charge >= 0.3 is 6.18 Å². The number of methoxy groups -OCH3 is 1. The molecule has 12 heteroatoms. The Kier molecular flexibility index (Phi) is 5.26. The fourth-order valence-electron chi connectivity index (χ4n) is 3.23. The van der Waals surface area contributed by atoms with Gasteiger partial charge in [-0.1, -0.05) is 0 Å². The lowest BCUT2D eigenvalue weighted by Gasteiger charge is -2.28. The summed E-state index contributed by atoms with van der Waals surface area (Å²) in [5, 5.41) is 8.47. The molecule has 3 rings (SSSR count). The van der Waals surface area contributed by atoms with E-state index in [4.69, 9.17) is 10.5 Å². The van der Waals surface area contributed by atoms with Gasteiger partial charge in [0.2, 0.25) is 11.8 Å². The second-order valence-electron chi connectivity index (χ2n) is 6.61. The quantitative estimate of drug-likeness (QED) is 0.611. The molecule has 3 heterocycles. The van der Waals surface area contributed by atoms with E-state index >= 15 is 0 Å². The minimum atomic E-state index is -4.63. The molecular formula is C16H19F3N6O3. The second-order valence-corrected chi connectivity index (χ2v) is 6.61. The summed E-state index contributed by atoms with van der Waals surface area (Å²) >= 11 is 0. The Morgan fingerprint density at radius 2 is 2.29 bits per heavy atom. The molecule has 2 unspecified atom stereocenters. The molecule has 0 aromatic carbocycles. The van der Waals surface area contributed by atoms with E-state index in [2.05, 4.69) is 15.4 Å². The summed E-state index contributed by atoms with van der Waals surface area (Å²) in [6.07, 6.45) is -2.43. The zero-order chi connectivity index (χ0) is 20.5. The predicted molar refractivity (Wildman–Crippen MR) is 89.9 cm³/mol. The summed E-state index contributed by atoms with van der Waals surface area (Å²) in [7, 11) is 1.27. The maximum atomic E-state index is 13.2. The lowest BCUT2D eigenvalue weighted by molar-refractivity contribution is -0.155. The predicted octanol–water partition coefficient (Wildman–Crippen LogP) is -0.317. The van der Waals surface area contributed by atoms with E-state index in [1.165, 1.54) is 17.8 Å². The number of halogens is 3. The number of imidazole rings is 1. The molecule has 0 spiro atoms. The molecule has 0 radical (unpaired) electrons. The standard InChI is InChI=1S/C16H19F3N6O3/c1-28-8-13(26)24-15(4-11(16(17,18)19)23-14(15)27)3-9-2-12-22-10(5-20)7-25(12)21-6-9/h2,6-7,11H,3-5,8,20H2,1H3,(H,23,27)(H,24,26). The van der Waals surface area contributed by atoms with Gasteiger partial charge in [-0.25, -0.2) is 9.50 Å². The monoisotopic (exact) mass is 400 g/mol. The third-order valence-corrected chi connectivity index (χ3v) is 4.48. The van der Waals surface area contributed by atoms with E-state index in [0.717, 1.165) is 0 Å². The molecule has 0 aliphatic carbocycles. The van der Waals surface area contributed by atoms with Crippen molar-refractivity contribution in [2.75, 3.05) is 13.7 Å². The van der Waals surface area contributed by atoms with Gasteiger partial charge in [-0.2, -0.15) is 18.3 Å². The Morgan fingerprint density at radius 1 is 1.54 bits per heavy atom. The Labute approximate surface area is 157 Å². The van der Waals surface area contributed by atoms with Gasteiger partial charge < -0.3 is 21.1 Å². The number of hydrogen-bond donors (Lipinski definition) is 3. The first-order chi connectivity index (χ1) is 13.2. The third-order valence-electron chi connectivity index (χ3n) is 4.48. The lowest BCUT2D eigenvalue weighted by Crippen LogP contribution is -2.56. The summed E-state index contributed by atoms with van der Waals surface area (Å²) < 4.78 is 45.7. The highest BCUT2D eigenvalue weighted by atomic mass is 19.4. The van der Waals surface area contributed by atoms with Crippen molar-refractivity contribution < 1.29 is 27.5 Å². The largest absolute Gasteiger partial charge is 0.408 e. The van der Waals surface area contributed by atoms with Crippen molar-refractivity contribution in [2.24, 2.45) is 5.73 Å². The molecule has 9 nitrogen and oxygen atoms in total. The molecule has 1 aliphatic heterocycles. The van der Waals surface area contributed by atoms with E-state index < -0.39 is 36.0 Å². The van der Waals surface area contributed by atoms with Crippen LogP contribution in [-0.2, 0) is 27.3 Å². The first-order valence-electron chi connectivity index (χ1n) is 8.38. The van der Waals surface area contributed by atoms with Crippen LogP contribution in [-0.4, -0.2) is 57.9 Å². The number of ether oxygens (including phenoxy) is 1. The van der Waals surface area contributed by atoms with Crippen molar-refractivity contribution in [1.29, 1.82) is 0 Å². The Bertz CT molecular complexity index is 899. The summed E-state index contributed by atoms with van der Waals surface area (Å²) in [5.74, 6) is -1.61. The number of fused-ring (bicyclic) bond motifs is 1. The highest BCUT2D eigenvalue weighted by Crippen LogP contribution is 2.34. The third kappa shape index (κ3) is 3.92. The molecule has 0 saturated carbocycles. The van der Waals surface area contributed by atoms with Crippen LogP contribution in [0.5, 0.6) is 0 Å². The van der Waals surface area contributed by atoms with Crippen LogP contribution in [0.25, 0.3) is 5.65 Å². The average Bonchev–Trinajstić information content (AvgIpc) is 3.16. The van der Waals surface area contributed by atoms with Gasteiger partial charge in [0.1, 0.15) is 18.2 Å². The van der Waals surface area contributed by atoms with E-state index in [0.29, 0.717) is 16.9 Å². The Balaban J connectivity index is 1.93. The number of carbonyl (C=O) groups is 2. The fourth-order valence-corrected chi connectivity index (χ4v) is 3.23. The van der Waals surface area contributed by atoms with E-state index in [1.54, 1.807) is 12.3 Å². The number of amides is 2. The number of nitrogens with two attached hydrogens (primary N) is 1. The van der Waals surface area contributed by atoms with Crippen LogP contribution in [0.4, 0.5) is 13.2 Å². The molecule has 2 aromatic rings. The lowest BCUT2D eigenvalue weighted by atomic mass is 9.87. The zero-order valence-corrected chi connectivity index (χ0v) is 14.9.